The summed E-state index contributed by atoms with van der Waals surface area (Å²) in [5, 5.41) is 15.0. The van der Waals surface area contributed by atoms with E-state index in [9.17, 15) is 4.79 Å². The molecule has 0 aliphatic rings. The molecule has 1 amide bonds. The van der Waals surface area contributed by atoms with Gasteiger partial charge < -0.3 is 15.4 Å². The van der Waals surface area contributed by atoms with Crippen LogP contribution in [-0.4, -0.2) is 35.5 Å². The molecule has 2 aromatic rings. The predicted molar refractivity (Wildman–Crippen MR) is 94.3 cm³/mol. The fraction of sp³-hybridized carbons (Fsp3) is 0.400. The molecule has 0 saturated heterocycles. The second kappa shape index (κ2) is 9.36. The Morgan fingerprint density at radius 1 is 1.35 bits per heavy atom. The summed E-state index contributed by atoms with van der Waals surface area (Å²) in [6.45, 7) is 3.41. The van der Waals surface area contributed by atoms with Crippen molar-refractivity contribution < 1.29 is 9.53 Å². The summed E-state index contributed by atoms with van der Waals surface area (Å²) in [4.78, 5) is 11.9. The fourth-order valence-corrected chi connectivity index (χ4v) is 3.40. The van der Waals surface area contributed by atoms with Gasteiger partial charge in [0.1, 0.15) is 5.75 Å². The molecular weight excluding hydrogens is 332 g/mol. The molecule has 23 heavy (non-hydrogen) atoms. The highest BCUT2D eigenvalue weighted by molar-refractivity contribution is 8.01. The number of methoxy groups -OCH3 is 1. The van der Waals surface area contributed by atoms with E-state index in [1.54, 1.807) is 7.11 Å². The number of amides is 1. The number of carbonyl (C=O) groups is 1. The minimum atomic E-state index is -0.0424. The van der Waals surface area contributed by atoms with Crippen molar-refractivity contribution in [3.8, 4) is 5.75 Å². The molecule has 8 heteroatoms. The van der Waals surface area contributed by atoms with Crippen LogP contribution in [0.5, 0.6) is 5.75 Å². The minimum absolute atomic E-state index is 0.0424. The van der Waals surface area contributed by atoms with Crippen molar-refractivity contribution in [2.24, 2.45) is 0 Å². The Morgan fingerprint density at radius 3 is 2.96 bits per heavy atom. The van der Waals surface area contributed by atoms with Crippen molar-refractivity contribution in [3.63, 3.8) is 0 Å². The third kappa shape index (κ3) is 5.72. The minimum Gasteiger partial charge on any atom is -0.496 e. The number of carbonyl (C=O) groups excluding carboxylic acids is 1. The molecule has 6 nitrogen and oxygen atoms in total. The summed E-state index contributed by atoms with van der Waals surface area (Å²) in [7, 11) is 1.62. The van der Waals surface area contributed by atoms with E-state index in [1.165, 1.54) is 23.1 Å². The molecule has 0 aliphatic carbocycles. The van der Waals surface area contributed by atoms with E-state index in [0.717, 1.165) is 33.7 Å². The summed E-state index contributed by atoms with van der Waals surface area (Å²) in [5.41, 5.74) is 0.954. The predicted octanol–water partition coefficient (Wildman–Crippen LogP) is 2.78. The first-order valence-corrected chi connectivity index (χ1v) is 9.12. The van der Waals surface area contributed by atoms with Gasteiger partial charge in [0.15, 0.2) is 4.34 Å². The van der Waals surface area contributed by atoms with Gasteiger partial charge in [0.2, 0.25) is 11.0 Å². The summed E-state index contributed by atoms with van der Waals surface area (Å²) < 4.78 is 6.05. The molecule has 2 rings (SSSR count). The van der Waals surface area contributed by atoms with E-state index in [4.69, 9.17) is 4.74 Å². The largest absolute Gasteiger partial charge is 0.496 e. The Hall–Kier alpha value is -1.80. The summed E-state index contributed by atoms with van der Waals surface area (Å²) in [5.74, 6) is 1.05. The summed E-state index contributed by atoms with van der Waals surface area (Å²) >= 11 is 2.85. The molecule has 0 bridgehead atoms. The van der Waals surface area contributed by atoms with Crippen LogP contribution in [0.1, 0.15) is 18.9 Å². The maximum atomic E-state index is 11.9. The van der Waals surface area contributed by atoms with Gasteiger partial charge in [-0.1, -0.05) is 48.2 Å². The second-order valence-electron chi connectivity index (χ2n) is 4.68. The third-order valence-corrected chi connectivity index (χ3v) is 4.94. The SMILES string of the molecule is CCCNc1nnc(SCC(=O)NCc2ccccc2OC)s1. The number of para-hydroxylation sites is 1. The quantitative estimate of drug-likeness (QED) is 0.676. The van der Waals surface area contributed by atoms with Gasteiger partial charge in [-0.25, -0.2) is 0 Å². The van der Waals surface area contributed by atoms with Crippen LogP contribution in [-0.2, 0) is 11.3 Å². The second-order valence-corrected chi connectivity index (χ2v) is 6.88. The van der Waals surface area contributed by atoms with E-state index < -0.39 is 0 Å². The smallest absolute Gasteiger partial charge is 0.230 e. The Bertz CT molecular complexity index is 633. The van der Waals surface area contributed by atoms with Gasteiger partial charge in [0, 0.05) is 18.7 Å². The molecule has 1 heterocycles. The van der Waals surface area contributed by atoms with Crippen molar-refractivity contribution in [3.05, 3.63) is 29.8 Å². The molecule has 1 aromatic heterocycles. The van der Waals surface area contributed by atoms with Crippen LogP contribution in [0.15, 0.2) is 28.6 Å². The average Bonchev–Trinajstić information content (AvgIpc) is 3.04. The fourth-order valence-electron chi connectivity index (χ4n) is 1.79. The summed E-state index contributed by atoms with van der Waals surface area (Å²) in [6.07, 6.45) is 1.04. The zero-order valence-corrected chi connectivity index (χ0v) is 14.8. The van der Waals surface area contributed by atoms with Crippen LogP contribution >= 0.6 is 23.1 Å². The van der Waals surface area contributed by atoms with Crippen LogP contribution in [0.2, 0.25) is 0 Å². The zero-order chi connectivity index (χ0) is 16.5. The third-order valence-electron chi connectivity index (χ3n) is 2.93. The molecule has 0 atom stereocenters. The number of hydrogen-bond acceptors (Lipinski definition) is 7. The van der Waals surface area contributed by atoms with E-state index in [0.29, 0.717) is 12.3 Å². The Labute approximate surface area is 144 Å². The van der Waals surface area contributed by atoms with Gasteiger partial charge in [0.05, 0.1) is 12.9 Å². The number of anilines is 1. The van der Waals surface area contributed by atoms with Gasteiger partial charge >= 0.3 is 0 Å². The van der Waals surface area contributed by atoms with Crippen molar-refractivity contribution in [2.45, 2.75) is 24.2 Å². The van der Waals surface area contributed by atoms with Gasteiger partial charge in [-0.05, 0) is 12.5 Å². The lowest BCUT2D eigenvalue weighted by Gasteiger charge is -2.09. The number of nitrogens with zero attached hydrogens (tertiary/aromatic N) is 2. The van der Waals surface area contributed by atoms with Crippen LogP contribution < -0.4 is 15.4 Å². The maximum Gasteiger partial charge on any atom is 0.230 e. The molecule has 0 spiro atoms. The lowest BCUT2D eigenvalue weighted by atomic mass is 10.2. The highest BCUT2D eigenvalue weighted by atomic mass is 32.2. The lowest BCUT2D eigenvalue weighted by Crippen LogP contribution is -2.24. The van der Waals surface area contributed by atoms with Gasteiger partial charge in [-0.3, -0.25) is 4.79 Å². The number of hydrogen-bond donors (Lipinski definition) is 2. The van der Waals surface area contributed by atoms with E-state index >= 15 is 0 Å². The van der Waals surface area contributed by atoms with Crippen molar-refractivity contribution in [1.82, 2.24) is 15.5 Å². The lowest BCUT2D eigenvalue weighted by molar-refractivity contribution is -0.118. The van der Waals surface area contributed by atoms with Crippen LogP contribution in [0.3, 0.4) is 0 Å². The molecule has 2 N–H and O–H groups in total. The van der Waals surface area contributed by atoms with Gasteiger partial charge in [0.25, 0.3) is 0 Å². The molecule has 0 saturated carbocycles. The number of aromatic nitrogens is 2. The maximum absolute atomic E-state index is 11.9. The zero-order valence-electron chi connectivity index (χ0n) is 13.2. The first-order chi connectivity index (χ1) is 11.2. The molecule has 0 unspecified atom stereocenters. The summed E-state index contributed by atoms with van der Waals surface area (Å²) in [6, 6.07) is 7.63. The van der Waals surface area contributed by atoms with Crippen molar-refractivity contribution >= 4 is 34.1 Å². The van der Waals surface area contributed by atoms with Crippen LogP contribution in [0, 0.1) is 0 Å². The Balaban J connectivity index is 1.75. The normalized spacial score (nSPS) is 10.3. The highest BCUT2D eigenvalue weighted by Crippen LogP contribution is 2.25. The molecule has 0 aliphatic heterocycles. The highest BCUT2D eigenvalue weighted by Gasteiger charge is 2.09. The van der Waals surface area contributed by atoms with Crippen LogP contribution in [0.25, 0.3) is 0 Å². The number of rotatable bonds is 9. The molecule has 124 valence electrons. The Kier molecular flexibility index (Phi) is 7.15. The van der Waals surface area contributed by atoms with Gasteiger partial charge in [-0.15, -0.1) is 10.2 Å². The molecular formula is C15H20N4O2S2. The standard InChI is InChI=1S/C15H20N4O2S2/c1-3-8-16-14-18-19-15(23-14)22-10-13(20)17-9-11-6-4-5-7-12(11)21-2/h4-7H,3,8-10H2,1-2H3,(H,16,18)(H,17,20). The molecule has 0 fully saturated rings. The van der Waals surface area contributed by atoms with E-state index in [2.05, 4.69) is 27.8 Å². The van der Waals surface area contributed by atoms with Gasteiger partial charge in [-0.2, -0.15) is 0 Å². The Morgan fingerprint density at radius 2 is 2.17 bits per heavy atom. The van der Waals surface area contributed by atoms with E-state index in [-0.39, 0.29) is 5.91 Å². The average molecular weight is 352 g/mol. The number of ether oxygens (including phenoxy) is 1. The number of nitrogens with one attached hydrogen (secondary N) is 2. The number of benzene rings is 1. The monoisotopic (exact) mass is 352 g/mol. The van der Waals surface area contributed by atoms with Crippen LogP contribution in [0.4, 0.5) is 5.13 Å². The molecule has 1 aromatic carbocycles. The topological polar surface area (TPSA) is 76.1 Å². The first kappa shape index (κ1) is 17.6. The van der Waals surface area contributed by atoms with Crippen molar-refractivity contribution in [2.75, 3.05) is 24.7 Å². The first-order valence-electron chi connectivity index (χ1n) is 7.31. The molecule has 0 radical (unpaired) electrons. The number of thioether (sulfide) groups is 1. The van der Waals surface area contributed by atoms with E-state index in [1.807, 2.05) is 24.3 Å². The van der Waals surface area contributed by atoms with Crippen molar-refractivity contribution in [1.29, 1.82) is 0 Å².